The lowest BCUT2D eigenvalue weighted by Crippen LogP contribution is -1.86. The van der Waals surface area contributed by atoms with Gasteiger partial charge >= 0.3 is 0 Å². The number of H-pyrrole nitrogens is 1. The molecule has 0 saturated carbocycles. The molecule has 1 aromatic carbocycles. The van der Waals surface area contributed by atoms with Crippen molar-refractivity contribution in [1.29, 1.82) is 0 Å². The normalized spacial score (nSPS) is 11.1. The highest BCUT2D eigenvalue weighted by molar-refractivity contribution is 9.11. The van der Waals surface area contributed by atoms with Crippen molar-refractivity contribution in [2.75, 3.05) is 0 Å². The molecular weight excluding hydrogens is 376 g/mol. The maximum Gasteiger partial charge on any atom is 0.271 e. The van der Waals surface area contributed by atoms with Gasteiger partial charge in [0.1, 0.15) is 0 Å². The summed E-state index contributed by atoms with van der Waals surface area (Å²) in [5, 5.41) is 12.5. The van der Waals surface area contributed by atoms with Crippen molar-refractivity contribution in [2.24, 2.45) is 0 Å². The molecule has 6 nitrogen and oxygen atoms in total. The fourth-order valence-electron chi connectivity index (χ4n) is 1.83. The van der Waals surface area contributed by atoms with E-state index in [4.69, 9.17) is 0 Å². The molecule has 0 amide bonds. The predicted molar refractivity (Wildman–Crippen MR) is 86.9 cm³/mol. The van der Waals surface area contributed by atoms with E-state index in [1.54, 1.807) is 17.4 Å². The van der Waals surface area contributed by atoms with Crippen LogP contribution in [0.25, 0.3) is 11.0 Å². The third-order valence-corrected chi connectivity index (χ3v) is 5.39. The van der Waals surface area contributed by atoms with Gasteiger partial charge in [-0.15, -0.1) is 11.3 Å². The fraction of sp³-hybridized carbons (Fsp3) is 0.167. The van der Waals surface area contributed by atoms with Crippen LogP contribution in [0.15, 0.2) is 27.1 Å². The van der Waals surface area contributed by atoms with Crippen LogP contribution in [-0.2, 0) is 5.75 Å². The Morgan fingerprint density at radius 2 is 2.29 bits per heavy atom. The second-order valence-corrected chi connectivity index (χ2v) is 7.73. The zero-order valence-electron chi connectivity index (χ0n) is 10.8. The molecule has 2 aromatic heterocycles. The minimum Gasteiger partial charge on any atom is -0.333 e. The third kappa shape index (κ3) is 3.09. The Morgan fingerprint density at radius 1 is 1.48 bits per heavy atom. The summed E-state index contributed by atoms with van der Waals surface area (Å²) in [5.41, 5.74) is 2.42. The molecule has 108 valence electrons. The van der Waals surface area contributed by atoms with Crippen molar-refractivity contribution in [1.82, 2.24) is 15.0 Å². The molecule has 0 unspecified atom stereocenters. The molecule has 9 heteroatoms. The van der Waals surface area contributed by atoms with E-state index in [1.165, 1.54) is 23.9 Å². The predicted octanol–water partition coefficient (Wildman–Crippen LogP) is 4.29. The SMILES string of the molecule is Cc1nc(CSc2nc3ccc([N+](=O)[O-])cc3[nH]2)c(Br)s1. The number of nitrogens with one attached hydrogen (secondary N) is 1. The Labute approximate surface area is 136 Å². The number of fused-ring (bicyclic) bond motifs is 1. The lowest BCUT2D eigenvalue weighted by molar-refractivity contribution is -0.384. The van der Waals surface area contributed by atoms with E-state index in [2.05, 4.69) is 30.9 Å². The lowest BCUT2D eigenvalue weighted by Gasteiger charge is -1.94. The number of halogens is 1. The van der Waals surface area contributed by atoms with Gasteiger partial charge in [0.2, 0.25) is 0 Å². The number of nitro groups is 1. The molecule has 0 fully saturated rings. The van der Waals surface area contributed by atoms with Crippen LogP contribution < -0.4 is 0 Å². The third-order valence-electron chi connectivity index (χ3n) is 2.76. The Kier molecular flexibility index (Phi) is 3.96. The van der Waals surface area contributed by atoms with Crippen molar-refractivity contribution in [3.63, 3.8) is 0 Å². The average molecular weight is 385 g/mol. The molecule has 0 radical (unpaired) electrons. The molecule has 21 heavy (non-hydrogen) atoms. The van der Waals surface area contributed by atoms with Gasteiger partial charge in [-0.3, -0.25) is 10.1 Å². The van der Waals surface area contributed by atoms with Crippen LogP contribution in [0.5, 0.6) is 0 Å². The molecule has 0 atom stereocenters. The summed E-state index contributed by atoms with van der Waals surface area (Å²) in [6, 6.07) is 4.60. The first-order valence-corrected chi connectivity index (χ1v) is 8.51. The van der Waals surface area contributed by atoms with E-state index in [1.807, 2.05) is 6.92 Å². The van der Waals surface area contributed by atoms with Crippen molar-refractivity contribution in [3.8, 4) is 0 Å². The van der Waals surface area contributed by atoms with Gasteiger partial charge in [-0.05, 0) is 28.9 Å². The highest BCUT2D eigenvalue weighted by Gasteiger charge is 2.11. The number of benzene rings is 1. The second-order valence-electron chi connectivity index (χ2n) is 4.24. The highest BCUT2D eigenvalue weighted by Crippen LogP contribution is 2.30. The number of thioether (sulfide) groups is 1. The summed E-state index contributed by atoms with van der Waals surface area (Å²) >= 11 is 6.61. The Morgan fingerprint density at radius 3 is 2.95 bits per heavy atom. The number of rotatable bonds is 4. The first-order valence-electron chi connectivity index (χ1n) is 5.91. The van der Waals surface area contributed by atoms with Gasteiger partial charge in [-0.25, -0.2) is 9.97 Å². The first-order chi connectivity index (χ1) is 10.0. The van der Waals surface area contributed by atoms with E-state index in [0.717, 1.165) is 25.2 Å². The topological polar surface area (TPSA) is 84.7 Å². The molecule has 2 heterocycles. The van der Waals surface area contributed by atoms with E-state index in [9.17, 15) is 10.1 Å². The fourth-order valence-corrected chi connectivity index (χ4v) is 4.51. The average Bonchev–Trinajstić information content (AvgIpc) is 2.97. The molecule has 0 aliphatic heterocycles. The maximum atomic E-state index is 10.8. The Bertz CT molecular complexity index is 830. The standard InChI is InChI=1S/C12H9BrN4O2S2/c1-6-14-10(11(13)21-6)5-20-12-15-8-3-2-7(17(18)19)4-9(8)16-12/h2-4H,5H2,1H3,(H,15,16). The van der Waals surface area contributed by atoms with Gasteiger partial charge in [-0.1, -0.05) is 11.8 Å². The summed E-state index contributed by atoms with van der Waals surface area (Å²) in [6.45, 7) is 1.96. The summed E-state index contributed by atoms with van der Waals surface area (Å²) < 4.78 is 1.03. The number of non-ortho nitro benzene ring substituents is 1. The zero-order chi connectivity index (χ0) is 15.0. The second kappa shape index (κ2) is 5.74. The van der Waals surface area contributed by atoms with Crippen LogP contribution in [0.4, 0.5) is 5.69 Å². The Balaban J connectivity index is 1.81. The van der Waals surface area contributed by atoms with E-state index in [0.29, 0.717) is 11.3 Å². The van der Waals surface area contributed by atoms with Gasteiger partial charge in [-0.2, -0.15) is 0 Å². The maximum absolute atomic E-state index is 10.8. The largest absolute Gasteiger partial charge is 0.333 e. The quantitative estimate of drug-likeness (QED) is 0.411. The van der Waals surface area contributed by atoms with Crippen LogP contribution in [0, 0.1) is 17.0 Å². The number of hydrogen-bond donors (Lipinski definition) is 1. The van der Waals surface area contributed by atoms with Crippen molar-refractivity contribution in [3.05, 3.63) is 42.8 Å². The molecular formula is C12H9BrN4O2S2. The number of thiazole rings is 1. The summed E-state index contributed by atoms with van der Waals surface area (Å²) in [6.07, 6.45) is 0. The van der Waals surface area contributed by atoms with Crippen molar-refractivity contribution >= 4 is 55.7 Å². The van der Waals surface area contributed by atoms with Gasteiger partial charge in [0.05, 0.1) is 30.4 Å². The number of nitro benzene ring substituents is 1. The molecule has 0 bridgehead atoms. The minimum absolute atomic E-state index is 0.0561. The van der Waals surface area contributed by atoms with Gasteiger partial charge < -0.3 is 4.98 Å². The summed E-state index contributed by atoms with van der Waals surface area (Å²) in [5.74, 6) is 0.687. The summed E-state index contributed by atoms with van der Waals surface area (Å²) in [4.78, 5) is 22.3. The number of aromatic amines is 1. The number of aromatic nitrogens is 3. The molecule has 0 aliphatic carbocycles. The lowest BCUT2D eigenvalue weighted by atomic mass is 10.3. The van der Waals surface area contributed by atoms with Crippen LogP contribution in [0.3, 0.4) is 0 Å². The van der Waals surface area contributed by atoms with Crippen LogP contribution in [0.1, 0.15) is 10.7 Å². The van der Waals surface area contributed by atoms with E-state index in [-0.39, 0.29) is 5.69 Å². The van der Waals surface area contributed by atoms with Gasteiger partial charge in [0.15, 0.2) is 5.16 Å². The van der Waals surface area contributed by atoms with Crippen molar-refractivity contribution < 1.29 is 4.92 Å². The molecule has 0 spiro atoms. The molecule has 0 aliphatic rings. The monoisotopic (exact) mass is 384 g/mol. The van der Waals surface area contributed by atoms with Crippen LogP contribution >= 0.6 is 39.0 Å². The van der Waals surface area contributed by atoms with Crippen LogP contribution in [0.2, 0.25) is 0 Å². The van der Waals surface area contributed by atoms with Gasteiger partial charge in [0, 0.05) is 17.9 Å². The highest BCUT2D eigenvalue weighted by atomic mass is 79.9. The molecule has 3 rings (SSSR count). The number of imidazole rings is 1. The first kappa shape index (κ1) is 14.5. The smallest absolute Gasteiger partial charge is 0.271 e. The number of nitrogens with zero attached hydrogens (tertiary/aromatic N) is 3. The zero-order valence-corrected chi connectivity index (χ0v) is 14.0. The molecule has 3 aromatic rings. The Hall–Kier alpha value is -1.45. The summed E-state index contributed by atoms with van der Waals surface area (Å²) in [7, 11) is 0. The van der Waals surface area contributed by atoms with Gasteiger partial charge in [0.25, 0.3) is 5.69 Å². The molecule has 0 saturated heterocycles. The number of aryl methyl sites for hydroxylation is 1. The van der Waals surface area contributed by atoms with E-state index < -0.39 is 4.92 Å². The number of hydrogen-bond acceptors (Lipinski definition) is 6. The van der Waals surface area contributed by atoms with E-state index >= 15 is 0 Å². The molecule has 1 N–H and O–H groups in total. The minimum atomic E-state index is -0.414. The van der Waals surface area contributed by atoms with Crippen LogP contribution in [-0.4, -0.2) is 19.9 Å². The van der Waals surface area contributed by atoms with Crippen molar-refractivity contribution in [2.45, 2.75) is 17.8 Å².